The van der Waals surface area contributed by atoms with Crippen molar-refractivity contribution in [1.29, 1.82) is 0 Å². The molecule has 0 unspecified atom stereocenters. The third-order valence-corrected chi connectivity index (χ3v) is 3.63. The quantitative estimate of drug-likeness (QED) is 0.413. The molecule has 2 nitrogen and oxygen atoms in total. The van der Waals surface area contributed by atoms with Crippen LogP contribution in [0.4, 0.5) is 0 Å². The van der Waals surface area contributed by atoms with E-state index in [4.69, 9.17) is 11.6 Å². The van der Waals surface area contributed by atoms with Crippen molar-refractivity contribution in [3.63, 3.8) is 0 Å². The summed E-state index contributed by atoms with van der Waals surface area (Å²) in [7, 11) is 0. The number of halogens is 2. The molecule has 0 spiro atoms. The smallest absolute Gasteiger partial charge is 0.224 e. The van der Waals surface area contributed by atoms with E-state index in [0.29, 0.717) is 11.4 Å². The van der Waals surface area contributed by atoms with E-state index in [9.17, 15) is 4.79 Å². The number of benzene rings is 1. The topological polar surface area (TPSA) is 29.1 Å². The van der Waals surface area contributed by atoms with E-state index in [1.807, 2.05) is 24.3 Å². The molecule has 0 aliphatic rings. The molecule has 0 atom stereocenters. The molecule has 4 heteroatoms. The van der Waals surface area contributed by atoms with Crippen molar-refractivity contribution < 1.29 is 4.79 Å². The Morgan fingerprint density at radius 3 is 2.72 bits per heavy atom. The average Bonchev–Trinajstić information content (AvgIpc) is 2.33. The Balaban J connectivity index is 2.14. The van der Waals surface area contributed by atoms with Crippen molar-refractivity contribution in [2.75, 3.05) is 11.0 Å². The minimum Gasteiger partial charge on any atom is -0.356 e. The number of hydrogen-bond acceptors (Lipinski definition) is 1. The number of amides is 1. The summed E-state index contributed by atoms with van der Waals surface area (Å²) < 4.78 is 1.22. The summed E-state index contributed by atoms with van der Waals surface area (Å²) in [6, 6.07) is 7.44. The van der Waals surface area contributed by atoms with Crippen LogP contribution in [-0.4, -0.2) is 16.9 Å². The first-order valence-corrected chi connectivity index (χ1v) is 8.20. The van der Waals surface area contributed by atoms with Crippen LogP contribution in [-0.2, 0) is 11.2 Å². The molecule has 0 aromatic heterocycles. The summed E-state index contributed by atoms with van der Waals surface area (Å²) in [5.41, 5.74) is 0.963. The Bertz CT molecular complexity index is 371. The summed E-state index contributed by atoms with van der Waals surface area (Å²) in [6.07, 6.45) is 5.21. The predicted molar refractivity (Wildman–Crippen MR) is 85.5 cm³/mol. The van der Waals surface area contributed by atoms with Crippen molar-refractivity contribution in [2.45, 2.75) is 32.1 Å². The zero-order chi connectivity index (χ0) is 13.2. The Hall–Kier alpha value is -0.290. The van der Waals surface area contributed by atoms with Crippen molar-refractivity contribution in [1.82, 2.24) is 5.32 Å². The average molecular weight is 380 g/mol. The number of carbonyl (C=O) groups excluding carboxylic acids is 1. The first kappa shape index (κ1) is 15.8. The van der Waals surface area contributed by atoms with E-state index in [2.05, 4.69) is 27.9 Å². The molecule has 1 N–H and O–H groups in total. The van der Waals surface area contributed by atoms with Crippen LogP contribution in [0.2, 0.25) is 5.02 Å². The summed E-state index contributed by atoms with van der Waals surface area (Å²) >= 11 is 8.26. The maximum absolute atomic E-state index is 11.7. The number of nitrogens with one attached hydrogen (secondary N) is 1. The zero-order valence-electron chi connectivity index (χ0n) is 10.4. The normalized spacial score (nSPS) is 10.3. The fourth-order valence-corrected chi connectivity index (χ4v) is 2.45. The maximum atomic E-state index is 11.7. The van der Waals surface area contributed by atoms with E-state index in [0.717, 1.165) is 18.5 Å². The van der Waals surface area contributed by atoms with E-state index < -0.39 is 0 Å². The van der Waals surface area contributed by atoms with Crippen LogP contribution in [0.15, 0.2) is 24.3 Å². The van der Waals surface area contributed by atoms with Crippen LogP contribution in [0.25, 0.3) is 0 Å². The fourth-order valence-electron chi connectivity index (χ4n) is 1.70. The number of hydrogen-bond donors (Lipinski definition) is 1. The molecule has 1 aromatic rings. The SMILES string of the molecule is O=C(Cc1cccc(Cl)c1)NCCCCCCI. The van der Waals surface area contributed by atoms with Crippen LogP contribution in [0.3, 0.4) is 0 Å². The van der Waals surface area contributed by atoms with E-state index >= 15 is 0 Å². The monoisotopic (exact) mass is 379 g/mol. The van der Waals surface area contributed by atoms with Gasteiger partial charge in [0.15, 0.2) is 0 Å². The standard InChI is InChI=1S/C14H19ClINO/c15-13-7-5-6-12(10-13)11-14(18)17-9-4-2-1-3-8-16/h5-7,10H,1-4,8-9,11H2,(H,17,18). The Kier molecular flexibility index (Phi) is 8.42. The third kappa shape index (κ3) is 7.21. The van der Waals surface area contributed by atoms with Crippen LogP contribution >= 0.6 is 34.2 Å². The van der Waals surface area contributed by atoms with Crippen molar-refractivity contribution in [3.05, 3.63) is 34.9 Å². The van der Waals surface area contributed by atoms with E-state index in [1.54, 1.807) is 0 Å². The second kappa shape index (κ2) is 9.62. The molecule has 0 heterocycles. The van der Waals surface area contributed by atoms with E-state index in [1.165, 1.54) is 23.7 Å². The highest BCUT2D eigenvalue weighted by atomic mass is 127. The van der Waals surface area contributed by atoms with Crippen LogP contribution in [0.5, 0.6) is 0 Å². The van der Waals surface area contributed by atoms with Crippen LogP contribution in [0.1, 0.15) is 31.2 Å². The molecule has 0 saturated heterocycles. The third-order valence-electron chi connectivity index (χ3n) is 2.64. The molecule has 100 valence electrons. The zero-order valence-corrected chi connectivity index (χ0v) is 13.3. The highest BCUT2D eigenvalue weighted by Gasteiger charge is 2.02. The van der Waals surface area contributed by atoms with Gasteiger partial charge >= 0.3 is 0 Å². The molecule has 18 heavy (non-hydrogen) atoms. The second-order valence-electron chi connectivity index (χ2n) is 4.26. The summed E-state index contributed by atoms with van der Waals surface area (Å²) in [4.78, 5) is 11.7. The number of rotatable bonds is 8. The fraction of sp³-hybridized carbons (Fsp3) is 0.500. The van der Waals surface area contributed by atoms with Crippen LogP contribution in [0, 0.1) is 0 Å². The molecule has 1 amide bonds. The van der Waals surface area contributed by atoms with Gasteiger partial charge in [0.2, 0.25) is 5.91 Å². The minimum atomic E-state index is 0.0751. The lowest BCUT2D eigenvalue weighted by atomic mass is 10.1. The molecule has 0 aliphatic carbocycles. The van der Waals surface area contributed by atoms with Gasteiger partial charge in [-0.1, -0.05) is 59.2 Å². The molecule has 0 bridgehead atoms. The maximum Gasteiger partial charge on any atom is 0.224 e. The molecular formula is C14H19ClINO. The lowest BCUT2D eigenvalue weighted by molar-refractivity contribution is -0.120. The summed E-state index contributed by atoms with van der Waals surface area (Å²) in [6.45, 7) is 0.778. The van der Waals surface area contributed by atoms with Crippen molar-refractivity contribution in [3.8, 4) is 0 Å². The molecule has 0 aliphatic heterocycles. The predicted octanol–water partition coefficient (Wildman–Crippen LogP) is 3.99. The minimum absolute atomic E-state index is 0.0751. The summed E-state index contributed by atoms with van der Waals surface area (Å²) in [5.74, 6) is 0.0751. The molecule has 0 radical (unpaired) electrons. The molecular weight excluding hydrogens is 361 g/mol. The van der Waals surface area contributed by atoms with Gasteiger partial charge in [0.25, 0.3) is 0 Å². The van der Waals surface area contributed by atoms with Gasteiger partial charge in [-0.2, -0.15) is 0 Å². The van der Waals surface area contributed by atoms with Gasteiger partial charge in [0.1, 0.15) is 0 Å². The molecule has 0 saturated carbocycles. The highest BCUT2D eigenvalue weighted by molar-refractivity contribution is 14.1. The lowest BCUT2D eigenvalue weighted by Gasteiger charge is -2.05. The second-order valence-corrected chi connectivity index (χ2v) is 5.78. The lowest BCUT2D eigenvalue weighted by Crippen LogP contribution is -2.26. The summed E-state index contributed by atoms with van der Waals surface area (Å²) in [5, 5.41) is 3.62. The largest absolute Gasteiger partial charge is 0.356 e. The Labute approximate surface area is 128 Å². The number of carbonyl (C=O) groups is 1. The van der Waals surface area contributed by atoms with Gasteiger partial charge in [-0.15, -0.1) is 0 Å². The molecule has 0 fully saturated rings. The number of unbranched alkanes of at least 4 members (excludes halogenated alkanes) is 3. The van der Waals surface area contributed by atoms with Gasteiger partial charge in [-0.3, -0.25) is 4.79 Å². The first-order valence-electron chi connectivity index (χ1n) is 6.29. The van der Waals surface area contributed by atoms with Gasteiger partial charge < -0.3 is 5.32 Å². The molecule has 1 rings (SSSR count). The number of alkyl halides is 1. The van der Waals surface area contributed by atoms with Gasteiger partial charge in [-0.05, 0) is 35.0 Å². The van der Waals surface area contributed by atoms with Crippen molar-refractivity contribution in [2.24, 2.45) is 0 Å². The van der Waals surface area contributed by atoms with Gasteiger partial charge in [0, 0.05) is 11.6 Å². The van der Waals surface area contributed by atoms with Gasteiger partial charge in [0.05, 0.1) is 6.42 Å². The first-order chi connectivity index (χ1) is 8.72. The Morgan fingerprint density at radius 2 is 2.00 bits per heavy atom. The van der Waals surface area contributed by atoms with Gasteiger partial charge in [-0.25, -0.2) is 0 Å². The van der Waals surface area contributed by atoms with Crippen LogP contribution < -0.4 is 5.32 Å². The van der Waals surface area contributed by atoms with Crippen molar-refractivity contribution >= 4 is 40.1 Å². The highest BCUT2D eigenvalue weighted by Crippen LogP contribution is 2.11. The van der Waals surface area contributed by atoms with E-state index in [-0.39, 0.29) is 5.91 Å². The molecule has 1 aromatic carbocycles. The Morgan fingerprint density at radius 1 is 1.22 bits per heavy atom.